The normalized spacial score (nSPS) is 13.0. The molecule has 0 fully saturated rings. The molecule has 0 saturated heterocycles. The smallest absolute Gasteiger partial charge is 0.305 e. The third-order valence-electron chi connectivity index (χ3n) is 6.07. The topological polar surface area (TPSA) is 105 Å². The number of hydrogen-bond donors (Lipinski definition) is 3. The van der Waals surface area contributed by atoms with E-state index >= 15 is 0 Å². The number of esters is 1. The molecule has 7 heteroatoms. The highest BCUT2D eigenvalue weighted by atomic mass is 16.5. The predicted molar refractivity (Wildman–Crippen MR) is 149 cm³/mol. The van der Waals surface area contributed by atoms with E-state index < -0.39 is 18.0 Å². The van der Waals surface area contributed by atoms with Gasteiger partial charge in [0.2, 0.25) is 11.8 Å². The Morgan fingerprint density at radius 1 is 0.868 bits per heavy atom. The Kier molecular flexibility index (Phi) is 14.2. The Labute approximate surface area is 226 Å². The number of hydrogen-bond acceptors (Lipinski definition) is 5. The van der Waals surface area contributed by atoms with Crippen LogP contribution in [-0.4, -0.2) is 48.2 Å². The van der Waals surface area contributed by atoms with E-state index in [1.807, 2.05) is 60.7 Å². The van der Waals surface area contributed by atoms with E-state index in [2.05, 4.69) is 23.8 Å². The van der Waals surface area contributed by atoms with Crippen molar-refractivity contribution < 1.29 is 24.2 Å². The second kappa shape index (κ2) is 17.7. The zero-order chi connectivity index (χ0) is 27.6. The van der Waals surface area contributed by atoms with Gasteiger partial charge in [0.15, 0.2) is 0 Å². The molecule has 2 aromatic carbocycles. The molecule has 3 atom stereocenters. The summed E-state index contributed by atoms with van der Waals surface area (Å²) in [6, 6.07) is 18.3. The monoisotopic (exact) mass is 520 g/mol. The maximum absolute atomic E-state index is 13.2. The molecule has 0 bridgehead atoms. The van der Waals surface area contributed by atoms with Crippen molar-refractivity contribution in [1.82, 2.24) is 10.6 Å². The van der Waals surface area contributed by atoms with Gasteiger partial charge in [0, 0.05) is 12.8 Å². The van der Waals surface area contributed by atoms with E-state index in [9.17, 15) is 19.5 Å². The predicted octanol–water partition coefficient (Wildman–Crippen LogP) is 3.92. The van der Waals surface area contributed by atoms with Crippen LogP contribution in [0.2, 0.25) is 0 Å². The van der Waals surface area contributed by atoms with Gasteiger partial charge in [-0.2, -0.15) is 0 Å². The number of benzene rings is 2. The first kappa shape index (κ1) is 30.5. The zero-order valence-corrected chi connectivity index (χ0v) is 22.0. The lowest BCUT2D eigenvalue weighted by molar-refractivity contribution is -0.145. The molecular weight excluding hydrogens is 480 g/mol. The number of ether oxygens (including phenoxy) is 1. The third-order valence-corrected chi connectivity index (χ3v) is 6.07. The van der Waals surface area contributed by atoms with E-state index in [0.717, 1.165) is 17.5 Å². The first-order chi connectivity index (χ1) is 18.4. The summed E-state index contributed by atoms with van der Waals surface area (Å²) in [7, 11) is 0. The van der Waals surface area contributed by atoms with Crippen molar-refractivity contribution in [2.75, 3.05) is 13.2 Å². The molecular formula is C31H40N2O5. The molecule has 3 N–H and O–H groups in total. The molecule has 0 heterocycles. The summed E-state index contributed by atoms with van der Waals surface area (Å²) < 4.78 is 5.45. The highest BCUT2D eigenvalue weighted by Crippen LogP contribution is 2.13. The summed E-state index contributed by atoms with van der Waals surface area (Å²) in [6.07, 6.45) is 6.25. The number of allylic oxidation sites excluding steroid dienone is 2. The highest BCUT2D eigenvalue weighted by molar-refractivity contribution is 5.86. The van der Waals surface area contributed by atoms with Gasteiger partial charge >= 0.3 is 5.97 Å². The van der Waals surface area contributed by atoms with Crippen molar-refractivity contribution in [3.05, 3.63) is 97.1 Å². The Bertz CT molecular complexity index is 1010. The second-order valence-corrected chi connectivity index (χ2v) is 9.32. The summed E-state index contributed by atoms with van der Waals surface area (Å²) in [5.74, 6) is -1.61. The number of unbranched alkanes of at least 4 members (excludes halogenated alkanes) is 1. The highest BCUT2D eigenvalue weighted by Gasteiger charge is 2.25. The molecule has 7 nitrogen and oxygen atoms in total. The van der Waals surface area contributed by atoms with Crippen LogP contribution in [0.15, 0.2) is 86.0 Å². The first-order valence-corrected chi connectivity index (χ1v) is 13.1. The molecule has 0 radical (unpaired) electrons. The third kappa shape index (κ3) is 12.0. The molecule has 0 aliphatic heterocycles. The quantitative estimate of drug-likeness (QED) is 0.157. The van der Waals surface area contributed by atoms with Gasteiger partial charge in [0.25, 0.3) is 0 Å². The minimum Gasteiger partial charge on any atom is -0.463 e. The lowest BCUT2D eigenvalue weighted by Crippen LogP contribution is -2.45. The summed E-state index contributed by atoms with van der Waals surface area (Å²) in [5.41, 5.74) is 1.99. The molecule has 2 amide bonds. The van der Waals surface area contributed by atoms with Crippen LogP contribution in [0.25, 0.3) is 0 Å². The summed E-state index contributed by atoms with van der Waals surface area (Å²) >= 11 is 0. The molecule has 0 aliphatic carbocycles. The Hall–Kier alpha value is -3.71. The number of nitrogens with one attached hydrogen (secondary N) is 2. The number of rotatable bonds is 18. The molecule has 0 saturated carbocycles. The number of carbonyl (C=O) groups excluding carboxylic acids is 3. The van der Waals surface area contributed by atoms with Crippen molar-refractivity contribution in [2.45, 2.75) is 57.0 Å². The van der Waals surface area contributed by atoms with E-state index in [1.165, 1.54) is 0 Å². The minimum atomic E-state index is -0.648. The van der Waals surface area contributed by atoms with Crippen LogP contribution in [0.4, 0.5) is 0 Å². The second-order valence-electron chi connectivity index (χ2n) is 9.32. The fourth-order valence-electron chi connectivity index (χ4n) is 4.08. The van der Waals surface area contributed by atoms with Gasteiger partial charge in [0.1, 0.15) is 6.61 Å². The van der Waals surface area contributed by atoms with Crippen molar-refractivity contribution in [1.29, 1.82) is 0 Å². The van der Waals surface area contributed by atoms with Gasteiger partial charge in [-0.3, -0.25) is 14.4 Å². The summed E-state index contributed by atoms with van der Waals surface area (Å²) in [6.45, 7) is 7.21. The molecule has 2 rings (SSSR count). The van der Waals surface area contributed by atoms with Crippen molar-refractivity contribution in [3.63, 3.8) is 0 Å². The van der Waals surface area contributed by atoms with Crippen molar-refractivity contribution in [3.8, 4) is 0 Å². The van der Waals surface area contributed by atoms with E-state index in [0.29, 0.717) is 25.7 Å². The van der Waals surface area contributed by atoms with Crippen LogP contribution in [0, 0.1) is 5.92 Å². The van der Waals surface area contributed by atoms with Gasteiger partial charge in [0.05, 0.1) is 24.6 Å². The van der Waals surface area contributed by atoms with Gasteiger partial charge in [-0.25, -0.2) is 0 Å². The van der Waals surface area contributed by atoms with Gasteiger partial charge < -0.3 is 20.5 Å². The molecule has 0 spiro atoms. The van der Waals surface area contributed by atoms with E-state index in [1.54, 1.807) is 12.2 Å². The van der Waals surface area contributed by atoms with Gasteiger partial charge in [-0.05, 0) is 43.2 Å². The largest absolute Gasteiger partial charge is 0.463 e. The number of aliphatic hydroxyl groups excluding tert-OH is 1. The average molecular weight is 521 g/mol. The summed E-state index contributed by atoms with van der Waals surface area (Å²) in [5, 5.41) is 15.6. The maximum atomic E-state index is 13.2. The van der Waals surface area contributed by atoms with E-state index in [-0.39, 0.29) is 43.8 Å². The SMILES string of the molecule is C=CCCCC(=O)OC[C@@H](Cc1ccccc1)NC(=O)[C@H](CC=C)CC(=O)N[C@@H](CO)Cc1ccccc1. The molecule has 204 valence electrons. The Balaban J connectivity index is 2.00. The number of aliphatic hydroxyl groups is 1. The fourth-order valence-corrected chi connectivity index (χ4v) is 4.08. The van der Waals surface area contributed by atoms with Crippen LogP contribution in [0.5, 0.6) is 0 Å². The molecule has 38 heavy (non-hydrogen) atoms. The maximum Gasteiger partial charge on any atom is 0.305 e. The lowest BCUT2D eigenvalue weighted by Gasteiger charge is -2.23. The number of amides is 2. The summed E-state index contributed by atoms with van der Waals surface area (Å²) in [4.78, 5) is 38.2. The van der Waals surface area contributed by atoms with Crippen molar-refractivity contribution in [2.24, 2.45) is 5.92 Å². The molecule has 0 aliphatic rings. The van der Waals surface area contributed by atoms with Crippen LogP contribution in [0.1, 0.15) is 43.2 Å². The zero-order valence-electron chi connectivity index (χ0n) is 22.0. The minimum absolute atomic E-state index is 0.0320. The van der Waals surface area contributed by atoms with Crippen LogP contribution >= 0.6 is 0 Å². The Morgan fingerprint density at radius 3 is 2.03 bits per heavy atom. The van der Waals surface area contributed by atoms with Crippen LogP contribution in [-0.2, 0) is 32.0 Å². The number of carbonyl (C=O) groups is 3. The standard InChI is InChI=1S/C31H40N2O5/c1-3-5-8-18-30(36)38-23-28(20-25-16-11-7-12-17-25)33-31(37)26(13-4-2)21-29(35)32-27(22-34)19-24-14-9-6-10-15-24/h3-4,6-7,9-12,14-17,26-28,34H,1-2,5,8,13,18-23H2,(H,32,35)(H,33,37)/t26-,27-,28-/m1/s1. The Morgan fingerprint density at radius 2 is 1.47 bits per heavy atom. The molecule has 0 unspecified atom stereocenters. The fraction of sp³-hybridized carbons (Fsp3) is 0.387. The first-order valence-electron chi connectivity index (χ1n) is 13.1. The molecule has 0 aromatic heterocycles. The molecule has 2 aromatic rings. The van der Waals surface area contributed by atoms with Crippen LogP contribution < -0.4 is 10.6 Å². The van der Waals surface area contributed by atoms with Crippen LogP contribution in [0.3, 0.4) is 0 Å². The lowest BCUT2D eigenvalue weighted by atomic mass is 9.98. The van der Waals surface area contributed by atoms with E-state index in [4.69, 9.17) is 4.74 Å². The van der Waals surface area contributed by atoms with Crippen molar-refractivity contribution >= 4 is 17.8 Å². The average Bonchev–Trinajstić information content (AvgIpc) is 2.92. The van der Waals surface area contributed by atoms with Gasteiger partial charge in [-0.1, -0.05) is 72.8 Å². The van der Waals surface area contributed by atoms with Gasteiger partial charge in [-0.15, -0.1) is 13.2 Å².